The van der Waals surface area contributed by atoms with Crippen LogP contribution in [0.5, 0.6) is 0 Å². The summed E-state index contributed by atoms with van der Waals surface area (Å²) in [7, 11) is 2.59. The minimum absolute atomic E-state index is 0.0655. The average molecular weight is 429 g/mol. The Morgan fingerprint density at radius 3 is 1.27 bits per heavy atom. The van der Waals surface area contributed by atoms with Gasteiger partial charge in [0.05, 0.1) is 14.2 Å². The standard InChI is InChI=1S/C20H36N4O6/c1-7-13(3)15(17(25)29-5)21-19(27)23-9-11-24(12-10-23)20(28)22-16(14(4)8-2)18(26)30-6/h13-16H,7-12H2,1-6H3,(H,21,27)(H,22,28)/t13?,14?,15-,16-/m0/s1. The minimum atomic E-state index is -0.717. The van der Waals surface area contributed by atoms with Crippen molar-refractivity contribution in [1.29, 1.82) is 0 Å². The third-order valence-corrected chi connectivity index (χ3v) is 5.75. The molecule has 0 aliphatic carbocycles. The van der Waals surface area contributed by atoms with Crippen molar-refractivity contribution in [1.82, 2.24) is 20.4 Å². The van der Waals surface area contributed by atoms with E-state index in [4.69, 9.17) is 9.47 Å². The van der Waals surface area contributed by atoms with Crippen LogP contribution in [0, 0.1) is 11.8 Å². The van der Waals surface area contributed by atoms with E-state index in [-0.39, 0.29) is 23.9 Å². The van der Waals surface area contributed by atoms with Gasteiger partial charge >= 0.3 is 24.0 Å². The molecule has 1 fully saturated rings. The zero-order chi connectivity index (χ0) is 22.8. The molecule has 0 saturated carbocycles. The second-order valence-electron chi connectivity index (χ2n) is 7.65. The zero-order valence-electron chi connectivity index (χ0n) is 18.9. The van der Waals surface area contributed by atoms with Crippen LogP contribution in [-0.2, 0) is 19.1 Å². The van der Waals surface area contributed by atoms with E-state index in [0.29, 0.717) is 39.0 Å². The van der Waals surface area contributed by atoms with Gasteiger partial charge in [-0.3, -0.25) is 0 Å². The predicted molar refractivity (Wildman–Crippen MR) is 111 cm³/mol. The molecule has 1 rings (SSSR count). The number of piperazine rings is 1. The molecule has 0 spiro atoms. The van der Waals surface area contributed by atoms with Gasteiger partial charge in [0.1, 0.15) is 12.1 Å². The lowest BCUT2D eigenvalue weighted by molar-refractivity contribution is -0.145. The summed E-state index contributed by atoms with van der Waals surface area (Å²) in [6.45, 7) is 8.90. The van der Waals surface area contributed by atoms with Gasteiger partial charge in [0.25, 0.3) is 0 Å². The molecule has 4 amide bonds. The Morgan fingerprint density at radius 2 is 1.03 bits per heavy atom. The van der Waals surface area contributed by atoms with Gasteiger partial charge in [0.15, 0.2) is 0 Å². The SMILES string of the molecule is CCC(C)[C@H](NC(=O)N1CCN(C(=O)N[C@H](C(=O)OC)C(C)CC)CC1)C(=O)OC. The maximum Gasteiger partial charge on any atom is 0.328 e. The number of hydrogen-bond acceptors (Lipinski definition) is 6. The summed E-state index contributed by atoms with van der Waals surface area (Å²) in [6, 6.07) is -2.16. The number of carbonyl (C=O) groups excluding carboxylic acids is 4. The Labute approximate surface area is 178 Å². The van der Waals surface area contributed by atoms with E-state index >= 15 is 0 Å². The molecule has 10 nitrogen and oxygen atoms in total. The minimum Gasteiger partial charge on any atom is -0.467 e. The normalized spacial score (nSPS) is 17.9. The van der Waals surface area contributed by atoms with Crippen molar-refractivity contribution < 1.29 is 28.7 Å². The van der Waals surface area contributed by atoms with Crippen molar-refractivity contribution in [2.45, 2.75) is 52.6 Å². The highest BCUT2D eigenvalue weighted by Crippen LogP contribution is 2.12. The summed E-state index contributed by atoms with van der Waals surface area (Å²) in [4.78, 5) is 52.3. The van der Waals surface area contributed by atoms with Crippen LogP contribution in [0.3, 0.4) is 0 Å². The largest absolute Gasteiger partial charge is 0.467 e. The molecule has 172 valence electrons. The molecule has 30 heavy (non-hydrogen) atoms. The Morgan fingerprint density at radius 1 is 0.733 bits per heavy atom. The second-order valence-corrected chi connectivity index (χ2v) is 7.65. The highest BCUT2D eigenvalue weighted by Gasteiger charge is 2.32. The van der Waals surface area contributed by atoms with Crippen molar-refractivity contribution in [3.8, 4) is 0 Å². The topological polar surface area (TPSA) is 117 Å². The Kier molecular flexibility index (Phi) is 10.4. The average Bonchev–Trinajstić information content (AvgIpc) is 2.78. The fourth-order valence-electron chi connectivity index (χ4n) is 3.15. The van der Waals surface area contributed by atoms with Crippen LogP contribution in [0.1, 0.15) is 40.5 Å². The summed E-state index contributed by atoms with van der Waals surface area (Å²) >= 11 is 0. The molecule has 1 saturated heterocycles. The van der Waals surface area contributed by atoms with Gasteiger partial charge in [-0.25, -0.2) is 19.2 Å². The van der Waals surface area contributed by atoms with Gasteiger partial charge < -0.3 is 29.9 Å². The molecule has 2 N–H and O–H groups in total. The quantitative estimate of drug-likeness (QED) is 0.561. The van der Waals surface area contributed by atoms with Gasteiger partial charge in [0.2, 0.25) is 0 Å². The monoisotopic (exact) mass is 428 g/mol. The molecule has 0 radical (unpaired) electrons. The van der Waals surface area contributed by atoms with Crippen LogP contribution < -0.4 is 10.6 Å². The molecule has 1 heterocycles. The number of hydrogen-bond donors (Lipinski definition) is 2. The summed E-state index contributed by atoms with van der Waals surface area (Å²) < 4.78 is 9.59. The summed E-state index contributed by atoms with van der Waals surface area (Å²) in [5, 5.41) is 5.48. The molecule has 10 heteroatoms. The molecule has 4 atom stereocenters. The number of nitrogens with zero attached hydrogens (tertiary/aromatic N) is 2. The molecular formula is C20H36N4O6. The highest BCUT2D eigenvalue weighted by atomic mass is 16.5. The van der Waals surface area contributed by atoms with Gasteiger partial charge in [-0.15, -0.1) is 0 Å². The van der Waals surface area contributed by atoms with Gasteiger partial charge in [-0.05, 0) is 11.8 Å². The molecule has 2 unspecified atom stereocenters. The van der Waals surface area contributed by atoms with E-state index < -0.39 is 24.0 Å². The van der Waals surface area contributed by atoms with E-state index in [0.717, 1.165) is 0 Å². The maximum atomic E-state index is 12.6. The number of amides is 4. The van der Waals surface area contributed by atoms with Crippen molar-refractivity contribution in [3.63, 3.8) is 0 Å². The van der Waals surface area contributed by atoms with E-state index in [9.17, 15) is 19.2 Å². The molecule has 0 aromatic heterocycles. The second kappa shape index (κ2) is 12.2. The van der Waals surface area contributed by atoms with Crippen molar-refractivity contribution in [3.05, 3.63) is 0 Å². The van der Waals surface area contributed by atoms with E-state index in [1.807, 2.05) is 27.7 Å². The first-order valence-electron chi connectivity index (χ1n) is 10.5. The molecule has 0 aromatic rings. The molecule has 1 aliphatic heterocycles. The van der Waals surface area contributed by atoms with Crippen LogP contribution in [0.15, 0.2) is 0 Å². The van der Waals surface area contributed by atoms with E-state index in [2.05, 4.69) is 10.6 Å². The molecule has 0 aromatic carbocycles. The Bertz CT molecular complexity index is 554. The number of ether oxygens (including phenoxy) is 2. The van der Waals surface area contributed by atoms with E-state index in [1.165, 1.54) is 14.2 Å². The first-order chi connectivity index (χ1) is 14.2. The Hall–Kier alpha value is -2.52. The van der Waals surface area contributed by atoms with Crippen molar-refractivity contribution >= 4 is 24.0 Å². The van der Waals surface area contributed by atoms with Crippen molar-refractivity contribution in [2.24, 2.45) is 11.8 Å². The van der Waals surface area contributed by atoms with Crippen LogP contribution in [0.4, 0.5) is 9.59 Å². The molecular weight excluding hydrogens is 392 g/mol. The van der Waals surface area contributed by atoms with E-state index in [1.54, 1.807) is 9.80 Å². The molecule has 0 bridgehead atoms. The van der Waals surface area contributed by atoms with Gasteiger partial charge in [0, 0.05) is 26.2 Å². The van der Waals surface area contributed by atoms with Gasteiger partial charge in [-0.1, -0.05) is 40.5 Å². The van der Waals surface area contributed by atoms with Crippen LogP contribution in [0.25, 0.3) is 0 Å². The first-order valence-corrected chi connectivity index (χ1v) is 10.5. The number of esters is 2. The predicted octanol–water partition coefficient (Wildman–Crippen LogP) is 1.20. The third kappa shape index (κ3) is 6.77. The fraction of sp³-hybridized carbons (Fsp3) is 0.800. The number of carbonyl (C=O) groups is 4. The lowest BCUT2D eigenvalue weighted by atomic mass is 9.99. The summed E-state index contributed by atoms with van der Waals surface area (Å²) in [5.74, 6) is -1.09. The van der Waals surface area contributed by atoms with Crippen LogP contribution in [-0.4, -0.2) is 86.3 Å². The smallest absolute Gasteiger partial charge is 0.328 e. The van der Waals surface area contributed by atoms with Crippen LogP contribution in [0.2, 0.25) is 0 Å². The third-order valence-electron chi connectivity index (χ3n) is 5.75. The fourth-order valence-corrected chi connectivity index (χ4v) is 3.15. The number of urea groups is 2. The van der Waals surface area contributed by atoms with Crippen LogP contribution >= 0.6 is 0 Å². The molecule has 1 aliphatic rings. The van der Waals surface area contributed by atoms with Gasteiger partial charge in [-0.2, -0.15) is 0 Å². The first kappa shape index (κ1) is 25.5. The highest BCUT2D eigenvalue weighted by molar-refractivity contribution is 5.85. The number of nitrogens with one attached hydrogen (secondary N) is 2. The lowest BCUT2D eigenvalue weighted by Crippen LogP contribution is -2.59. The lowest BCUT2D eigenvalue weighted by Gasteiger charge is -2.36. The summed E-state index contributed by atoms with van der Waals surface area (Å²) in [5.41, 5.74) is 0. The Balaban J connectivity index is 2.64. The zero-order valence-corrected chi connectivity index (χ0v) is 18.9. The maximum absolute atomic E-state index is 12.6. The number of methoxy groups -OCH3 is 2. The van der Waals surface area contributed by atoms with Crippen molar-refractivity contribution in [2.75, 3.05) is 40.4 Å². The summed E-state index contributed by atoms with van der Waals surface area (Å²) in [6.07, 6.45) is 1.43. The number of rotatable bonds is 8.